The van der Waals surface area contributed by atoms with Gasteiger partial charge in [0, 0.05) is 24.0 Å². The average Bonchev–Trinajstić information content (AvgIpc) is 3.38. The molecule has 1 amide bonds. The van der Waals surface area contributed by atoms with Gasteiger partial charge in [-0.15, -0.1) is 5.10 Å². The summed E-state index contributed by atoms with van der Waals surface area (Å²) in [4.78, 5) is 12.9. The first kappa shape index (κ1) is 19.0. The van der Waals surface area contributed by atoms with E-state index in [1.54, 1.807) is 4.68 Å². The van der Waals surface area contributed by atoms with Gasteiger partial charge in [-0.1, -0.05) is 53.2 Å². The number of halogens is 1. The Labute approximate surface area is 173 Å². The molecule has 0 aliphatic rings. The van der Waals surface area contributed by atoms with Crippen LogP contribution >= 0.6 is 11.6 Å². The number of aryl methyl sites for hydroxylation is 1. The molecule has 29 heavy (non-hydrogen) atoms. The van der Waals surface area contributed by atoms with Gasteiger partial charge in [-0.05, 0) is 47.9 Å². The van der Waals surface area contributed by atoms with Crippen molar-refractivity contribution in [1.82, 2.24) is 24.9 Å². The van der Waals surface area contributed by atoms with Gasteiger partial charge in [0.1, 0.15) is 0 Å². The van der Waals surface area contributed by atoms with Crippen molar-refractivity contribution in [1.29, 1.82) is 0 Å². The summed E-state index contributed by atoms with van der Waals surface area (Å²) in [5, 5.41) is 12.0. The normalized spacial score (nSPS) is 10.8. The Kier molecular flexibility index (Phi) is 5.44. The van der Waals surface area contributed by atoms with Gasteiger partial charge in [0.25, 0.3) is 5.91 Å². The van der Waals surface area contributed by atoms with Crippen molar-refractivity contribution < 1.29 is 4.79 Å². The van der Waals surface area contributed by atoms with Crippen molar-refractivity contribution in [2.45, 2.75) is 20.0 Å². The predicted molar refractivity (Wildman–Crippen MR) is 112 cm³/mol. The maximum atomic E-state index is 12.9. The van der Waals surface area contributed by atoms with Gasteiger partial charge in [0.2, 0.25) is 0 Å². The molecule has 0 atom stereocenters. The monoisotopic (exact) mass is 405 g/mol. The molecule has 0 aliphatic carbocycles. The van der Waals surface area contributed by atoms with Crippen LogP contribution in [0.1, 0.15) is 27.2 Å². The average molecular weight is 406 g/mol. The summed E-state index contributed by atoms with van der Waals surface area (Å²) in [6, 6.07) is 19.3. The summed E-state index contributed by atoms with van der Waals surface area (Å²) < 4.78 is 3.56. The van der Waals surface area contributed by atoms with Crippen LogP contribution < -0.4 is 5.32 Å². The van der Waals surface area contributed by atoms with Crippen molar-refractivity contribution in [2.24, 2.45) is 0 Å². The highest BCUT2D eigenvalue weighted by Gasteiger charge is 2.21. The minimum Gasteiger partial charge on any atom is -0.346 e. The van der Waals surface area contributed by atoms with Gasteiger partial charge in [0.15, 0.2) is 11.5 Å². The third-order valence-corrected chi connectivity index (χ3v) is 4.97. The van der Waals surface area contributed by atoms with E-state index < -0.39 is 0 Å². The van der Waals surface area contributed by atoms with Crippen molar-refractivity contribution in [2.75, 3.05) is 0 Å². The summed E-state index contributed by atoms with van der Waals surface area (Å²) in [5.74, 6) is 0.353. The number of rotatable bonds is 6. The van der Waals surface area contributed by atoms with Crippen molar-refractivity contribution in [3.63, 3.8) is 0 Å². The third kappa shape index (κ3) is 4.22. The van der Waals surface area contributed by atoms with Crippen LogP contribution in [0.3, 0.4) is 0 Å². The molecule has 146 valence electrons. The Morgan fingerprint density at radius 1 is 1.03 bits per heavy atom. The smallest absolute Gasteiger partial charge is 0.276 e. The first-order chi connectivity index (χ1) is 14.1. The first-order valence-corrected chi connectivity index (χ1v) is 9.63. The Hall–Kier alpha value is -3.38. The molecule has 0 aliphatic heterocycles. The lowest BCUT2D eigenvalue weighted by molar-refractivity contribution is 0.0945. The molecule has 4 rings (SSSR count). The van der Waals surface area contributed by atoms with E-state index in [2.05, 4.69) is 15.6 Å². The fourth-order valence-corrected chi connectivity index (χ4v) is 3.25. The molecule has 0 unspecified atom stereocenters. The predicted octanol–water partition coefficient (Wildman–Crippen LogP) is 4.01. The van der Waals surface area contributed by atoms with Gasteiger partial charge < -0.3 is 9.88 Å². The summed E-state index contributed by atoms with van der Waals surface area (Å²) in [6.45, 7) is 2.93. The lowest BCUT2D eigenvalue weighted by Gasteiger charge is -2.10. The summed E-state index contributed by atoms with van der Waals surface area (Å²) in [5.41, 5.74) is 3.49. The zero-order valence-corrected chi connectivity index (χ0v) is 16.7. The standard InChI is InChI=1S/C22H20ClN5O/c1-16-6-2-3-7-18(16)14-24-21(29)20-22(27-12-4-5-13-27)28(26-25-20)15-17-8-10-19(23)11-9-17/h2-13H,14-15H2,1H3,(H,24,29). The van der Waals surface area contributed by atoms with Gasteiger partial charge >= 0.3 is 0 Å². The van der Waals surface area contributed by atoms with Crippen LogP contribution in [-0.4, -0.2) is 25.5 Å². The highest BCUT2D eigenvalue weighted by atomic mass is 35.5. The molecular formula is C22H20ClN5O. The van der Waals surface area contributed by atoms with Crippen LogP contribution in [0.15, 0.2) is 73.1 Å². The molecular weight excluding hydrogens is 386 g/mol. The molecule has 2 heterocycles. The van der Waals surface area contributed by atoms with Crippen LogP contribution in [0, 0.1) is 6.92 Å². The molecule has 0 saturated heterocycles. The lowest BCUT2D eigenvalue weighted by Crippen LogP contribution is -2.25. The van der Waals surface area contributed by atoms with Crippen LogP contribution in [0.4, 0.5) is 0 Å². The Bertz CT molecular complexity index is 1120. The minimum atomic E-state index is -0.265. The Morgan fingerprint density at radius 3 is 2.48 bits per heavy atom. The zero-order valence-electron chi connectivity index (χ0n) is 15.9. The van der Waals surface area contributed by atoms with E-state index in [1.165, 1.54) is 0 Å². The second-order valence-electron chi connectivity index (χ2n) is 6.75. The topological polar surface area (TPSA) is 64.7 Å². The Morgan fingerprint density at radius 2 is 1.76 bits per heavy atom. The van der Waals surface area contributed by atoms with E-state index in [-0.39, 0.29) is 11.6 Å². The summed E-state index contributed by atoms with van der Waals surface area (Å²) in [6.07, 6.45) is 3.74. The quantitative estimate of drug-likeness (QED) is 0.527. The second-order valence-corrected chi connectivity index (χ2v) is 7.18. The molecule has 0 fully saturated rings. The number of benzene rings is 2. The van der Waals surface area contributed by atoms with E-state index in [0.29, 0.717) is 23.9 Å². The van der Waals surface area contributed by atoms with E-state index >= 15 is 0 Å². The molecule has 4 aromatic rings. The highest BCUT2D eigenvalue weighted by molar-refractivity contribution is 6.30. The van der Waals surface area contributed by atoms with E-state index in [9.17, 15) is 4.79 Å². The number of amides is 1. The summed E-state index contributed by atoms with van der Waals surface area (Å²) in [7, 11) is 0. The van der Waals surface area contributed by atoms with Crippen LogP contribution in [0.5, 0.6) is 0 Å². The molecule has 0 radical (unpaired) electrons. The van der Waals surface area contributed by atoms with E-state index in [0.717, 1.165) is 16.7 Å². The third-order valence-electron chi connectivity index (χ3n) is 4.72. The van der Waals surface area contributed by atoms with Gasteiger partial charge in [0.05, 0.1) is 6.54 Å². The fraction of sp³-hybridized carbons (Fsp3) is 0.136. The SMILES string of the molecule is Cc1ccccc1CNC(=O)c1nnn(Cc2ccc(Cl)cc2)c1-n1cccc1. The zero-order chi connectivity index (χ0) is 20.2. The number of carbonyl (C=O) groups excluding carboxylic acids is 1. The number of nitrogens with zero attached hydrogens (tertiary/aromatic N) is 4. The van der Waals surface area contributed by atoms with E-state index in [1.807, 2.05) is 84.5 Å². The number of hydrogen-bond donors (Lipinski definition) is 1. The summed E-state index contributed by atoms with van der Waals surface area (Å²) >= 11 is 5.98. The maximum Gasteiger partial charge on any atom is 0.276 e. The van der Waals surface area contributed by atoms with Gasteiger partial charge in [-0.25, -0.2) is 4.68 Å². The molecule has 0 spiro atoms. The molecule has 7 heteroatoms. The van der Waals surface area contributed by atoms with Crippen molar-refractivity contribution in [3.05, 3.63) is 100 Å². The molecule has 0 bridgehead atoms. The fourth-order valence-electron chi connectivity index (χ4n) is 3.12. The van der Waals surface area contributed by atoms with Gasteiger partial charge in [-0.3, -0.25) is 4.79 Å². The molecule has 2 aromatic carbocycles. The number of carbonyl (C=O) groups is 1. The van der Waals surface area contributed by atoms with Crippen LogP contribution in [0.2, 0.25) is 5.02 Å². The second kappa shape index (κ2) is 8.32. The minimum absolute atomic E-state index is 0.265. The van der Waals surface area contributed by atoms with Crippen molar-refractivity contribution >= 4 is 17.5 Å². The van der Waals surface area contributed by atoms with Crippen molar-refractivity contribution in [3.8, 4) is 5.82 Å². The highest BCUT2D eigenvalue weighted by Crippen LogP contribution is 2.17. The Balaban J connectivity index is 1.61. The number of nitrogens with one attached hydrogen (secondary N) is 1. The first-order valence-electron chi connectivity index (χ1n) is 9.26. The van der Waals surface area contributed by atoms with Gasteiger partial charge in [-0.2, -0.15) is 0 Å². The molecule has 2 aromatic heterocycles. The lowest BCUT2D eigenvalue weighted by atomic mass is 10.1. The number of hydrogen-bond acceptors (Lipinski definition) is 3. The largest absolute Gasteiger partial charge is 0.346 e. The van der Waals surface area contributed by atoms with E-state index in [4.69, 9.17) is 11.6 Å². The molecule has 6 nitrogen and oxygen atoms in total. The maximum absolute atomic E-state index is 12.9. The molecule has 0 saturated carbocycles. The van der Waals surface area contributed by atoms with Crippen LogP contribution in [-0.2, 0) is 13.1 Å². The van der Waals surface area contributed by atoms with Crippen LogP contribution in [0.25, 0.3) is 5.82 Å². The number of aromatic nitrogens is 4. The molecule has 1 N–H and O–H groups in total.